The van der Waals surface area contributed by atoms with E-state index in [0.29, 0.717) is 47.0 Å². The summed E-state index contributed by atoms with van der Waals surface area (Å²) in [6.07, 6.45) is 11.4. The van der Waals surface area contributed by atoms with Crippen LogP contribution in [0, 0.1) is 5.82 Å². The average Bonchev–Trinajstić information content (AvgIpc) is 3.21. The van der Waals surface area contributed by atoms with Crippen LogP contribution in [0.2, 0.25) is 5.02 Å². The van der Waals surface area contributed by atoms with Gasteiger partial charge in [-0.3, -0.25) is 9.69 Å². The maximum atomic E-state index is 13.7. The van der Waals surface area contributed by atoms with Crippen molar-refractivity contribution in [2.24, 2.45) is 0 Å². The zero-order valence-corrected chi connectivity index (χ0v) is 22.6. The van der Waals surface area contributed by atoms with E-state index < -0.39 is 5.82 Å². The number of anilines is 3. The van der Waals surface area contributed by atoms with Crippen molar-refractivity contribution in [1.82, 2.24) is 14.9 Å². The average molecular weight is 554 g/mol. The van der Waals surface area contributed by atoms with E-state index in [1.54, 1.807) is 12.1 Å². The monoisotopic (exact) mass is 553 g/mol. The Morgan fingerprint density at radius 3 is 2.85 bits per heavy atom. The Balaban J connectivity index is 1.39. The predicted molar refractivity (Wildman–Crippen MR) is 151 cm³/mol. The van der Waals surface area contributed by atoms with Gasteiger partial charge in [0, 0.05) is 49.5 Å². The molecular weight excluding hydrogens is 521 g/mol. The third kappa shape index (κ3) is 7.44. The Kier molecular flexibility index (Phi) is 9.23. The number of rotatable bonds is 8. The van der Waals surface area contributed by atoms with Gasteiger partial charge in [0.05, 0.1) is 28.9 Å². The highest BCUT2D eigenvalue weighted by molar-refractivity contribution is 6.31. The fourth-order valence-electron chi connectivity index (χ4n) is 4.92. The van der Waals surface area contributed by atoms with Crippen LogP contribution >= 0.6 is 11.6 Å². The van der Waals surface area contributed by atoms with Crippen molar-refractivity contribution in [2.45, 2.75) is 44.6 Å². The van der Waals surface area contributed by atoms with Gasteiger partial charge in [0.1, 0.15) is 23.7 Å². The minimum atomic E-state index is -0.499. The minimum absolute atomic E-state index is 0.00831. The minimum Gasteiger partial charge on any atom is -0.488 e. The van der Waals surface area contributed by atoms with E-state index in [9.17, 15) is 9.18 Å². The second-order valence-corrected chi connectivity index (χ2v) is 10.3. The molecule has 2 aromatic carbocycles. The first-order valence-corrected chi connectivity index (χ1v) is 13.9. The lowest BCUT2D eigenvalue weighted by molar-refractivity contribution is -0.111. The quantitative estimate of drug-likeness (QED) is 0.326. The standard InChI is InChI=1S/C29H33ClFN5O3/c30-23-16-20(9-10-24(23)31)34-29-22-17-26(35-28(37)8-4-11-36-12-5-14-38-15-13-36)27(18-25(22)32-19-33-29)39-21-6-2-1-3-7-21/h4,8-10,16-19,21H,1-3,5-7,11-15H2,(H,35,37)(H,32,33,34)/b8-4+. The molecule has 1 aliphatic heterocycles. The van der Waals surface area contributed by atoms with Gasteiger partial charge in [-0.1, -0.05) is 24.1 Å². The molecular formula is C29H33ClFN5O3. The van der Waals surface area contributed by atoms with Gasteiger partial charge in [-0.25, -0.2) is 14.4 Å². The molecule has 3 aromatic rings. The Hall–Kier alpha value is -3.27. The second kappa shape index (κ2) is 13.2. The summed E-state index contributed by atoms with van der Waals surface area (Å²) in [6.45, 7) is 3.97. The number of benzene rings is 2. The lowest BCUT2D eigenvalue weighted by atomic mass is 9.98. The fraction of sp³-hybridized carbons (Fsp3) is 0.414. The molecule has 2 N–H and O–H groups in total. The molecule has 39 heavy (non-hydrogen) atoms. The number of ether oxygens (including phenoxy) is 2. The topological polar surface area (TPSA) is 88.6 Å². The van der Waals surface area contributed by atoms with Crippen molar-refractivity contribution in [1.29, 1.82) is 0 Å². The van der Waals surface area contributed by atoms with Crippen molar-refractivity contribution in [3.63, 3.8) is 0 Å². The van der Waals surface area contributed by atoms with Crippen molar-refractivity contribution in [3.8, 4) is 5.75 Å². The SMILES string of the molecule is O=C(/C=C/CN1CCCOCC1)Nc1cc2c(Nc3ccc(F)c(Cl)c3)ncnc2cc1OC1CCCCC1. The molecule has 1 saturated heterocycles. The molecule has 2 heterocycles. The molecule has 0 bridgehead atoms. The Bertz CT molecular complexity index is 1320. The Morgan fingerprint density at radius 1 is 1.13 bits per heavy atom. The molecule has 8 nitrogen and oxygen atoms in total. The maximum absolute atomic E-state index is 13.7. The van der Waals surface area contributed by atoms with Gasteiger partial charge in [0.15, 0.2) is 0 Å². The highest BCUT2D eigenvalue weighted by atomic mass is 35.5. The van der Waals surface area contributed by atoms with Crippen molar-refractivity contribution >= 4 is 45.6 Å². The number of carbonyl (C=O) groups is 1. The van der Waals surface area contributed by atoms with Crippen LogP contribution in [0.4, 0.5) is 21.6 Å². The number of fused-ring (bicyclic) bond motifs is 1. The zero-order valence-electron chi connectivity index (χ0n) is 21.8. The summed E-state index contributed by atoms with van der Waals surface area (Å²) < 4.78 is 25.6. The normalized spacial score (nSPS) is 17.3. The van der Waals surface area contributed by atoms with Crippen molar-refractivity contribution < 1.29 is 18.7 Å². The van der Waals surface area contributed by atoms with Crippen LogP contribution in [0.1, 0.15) is 38.5 Å². The molecule has 1 saturated carbocycles. The van der Waals surface area contributed by atoms with Crippen molar-refractivity contribution in [2.75, 3.05) is 43.5 Å². The van der Waals surface area contributed by atoms with Crippen LogP contribution in [-0.4, -0.2) is 59.7 Å². The number of amides is 1. The molecule has 0 atom stereocenters. The molecule has 1 aliphatic carbocycles. The number of halogens is 2. The Labute approximate surface area is 232 Å². The molecule has 2 aliphatic rings. The number of carbonyl (C=O) groups excluding carboxylic acids is 1. The molecule has 1 aromatic heterocycles. The van der Waals surface area contributed by atoms with Gasteiger partial charge in [0.2, 0.25) is 5.91 Å². The number of nitrogens with zero attached hydrogens (tertiary/aromatic N) is 3. The van der Waals surface area contributed by atoms with Crippen LogP contribution in [0.3, 0.4) is 0 Å². The summed E-state index contributed by atoms with van der Waals surface area (Å²) >= 11 is 5.97. The molecule has 0 spiro atoms. The molecule has 5 rings (SSSR count). The second-order valence-electron chi connectivity index (χ2n) is 9.88. The van der Waals surface area contributed by atoms with Gasteiger partial charge in [-0.2, -0.15) is 0 Å². The van der Waals surface area contributed by atoms with Gasteiger partial charge in [-0.05, 0) is 56.4 Å². The lowest BCUT2D eigenvalue weighted by Gasteiger charge is -2.24. The molecule has 1 amide bonds. The Morgan fingerprint density at radius 2 is 2.00 bits per heavy atom. The van der Waals surface area contributed by atoms with Crippen LogP contribution in [0.5, 0.6) is 5.75 Å². The van der Waals surface area contributed by atoms with E-state index in [4.69, 9.17) is 21.1 Å². The van der Waals surface area contributed by atoms with E-state index in [0.717, 1.165) is 51.8 Å². The maximum Gasteiger partial charge on any atom is 0.248 e. The highest BCUT2D eigenvalue weighted by Crippen LogP contribution is 2.36. The van der Waals surface area contributed by atoms with Crippen LogP contribution in [0.15, 0.2) is 48.8 Å². The summed E-state index contributed by atoms with van der Waals surface area (Å²) in [7, 11) is 0. The lowest BCUT2D eigenvalue weighted by Crippen LogP contribution is -2.26. The third-order valence-corrected chi connectivity index (χ3v) is 7.26. The number of hydrogen-bond donors (Lipinski definition) is 2. The zero-order chi connectivity index (χ0) is 27.0. The van der Waals surface area contributed by atoms with Gasteiger partial charge in [-0.15, -0.1) is 0 Å². The summed E-state index contributed by atoms with van der Waals surface area (Å²) in [5.41, 5.74) is 1.78. The third-order valence-electron chi connectivity index (χ3n) is 6.97. The molecule has 206 valence electrons. The largest absolute Gasteiger partial charge is 0.488 e. The van der Waals surface area contributed by atoms with Crippen LogP contribution < -0.4 is 15.4 Å². The molecule has 2 fully saturated rings. The first kappa shape index (κ1) is 27.3. The van der Waals surface area contributed by atoms with Crippen molar-refractivity contribution in [3.05, 3.63) is 59.7 Å². The predicted octanol–water partition coefficient (Wildman–Crippen LogP) is 6.09. The summed E-state index contributed by atoms with van der Waals surface area (Å²) in [5.74, 6) is 0.337. The van der Waals surface area contributed by atoms with E-state index >= 15 is 0 Å². The van der Waals surface area contributed by atoms with Crippen LogP contribution in [-0.2, 0) is 9.53 Å². The smallest absolute Gasteiger partial charge is 0.248 e. The molecule has 10 heteroatoms. The van der Waals surface area contributed by atoms with E-state index in [2.05, 4.69) is 25.5 Å². The van der Waals surface area contributed by atoms with Gasteiger partial charge in [0.25, 0.3) is 0 Å². The summed E-state index contributed by atoms with van der Waals surface area (Å²) in [4.78, 5) is 24.0. The fourth-order valence-corrected chi connectivity index (χ4v) is 5.10. The van der Waals surface area contributed by atoms with Gasteiger partial charge >= 0.3 is 0 Å². The number of aromatic nitrogens is 2. The first-order chi connectivity index (χ1) is 19.0. The first-order valence-electron chi connectivity index (χ1n) is 13.5. The molecule has 0 radical (unpaired) electrons. The molecule has 0 unspecified atom stereocenters. The van der Waals surface area contributed by atoms with E-state index in [1.807, 2.05) is 18.2 Å². The highest BCUT2D eigenvalue weighted by Gasteiger charge is 2.19. The van der Waals surface area contributed by atoms with Crippen LogP contribution in [0.25, 0.3) is 10.9 Å². The summed E-state index contributed by atoms with van der Waals surface area (Å²) in [5, 5.41) is 6.88. The number of hydrogen-bond acceptors (Lipinski definition) is 7. The summed E-state index contributed by atoms with van der Waals surface area (Å²) in [6, 6.07) is 8.03. The van der Waals surface area contributed by atoms with Gasteiger partial charge < -0.3 is 20.1 Å². The van der Waals surface area contributed by atoms with E-state index in [-0.39, 0.29) is 17.0 Å². The number of nitrogens with one attached hydrogen (secondary N) is 2. The van der Waals surface area contributed by atoms with E-state index in [1.165, 1.54) is 24.9 Å².